The second-order valence-corrected chi connectivity index (χ2v) is 6.38. The summed E-state index contributed by atoms with van der Waals surface area (Å²) in [5, 5.41) is 20.6. The normalized spacial score (nSPS) is 10.9. The Hall–Kier alpha value is -1.87. The molecule has 2 aromatic carbocycles. The van der Waals surface area contributed by atoms with Crippen molar-refractivity contribution in [2.45, 2.75) is 19.3 Å². The van der Waals surface area contributed by atoms with Crippen LogP contribution in [0.1, 0.15) is 18.4 Å². The van der Waals surface area contributed by atoms with Crippen molar-refractivity contribution < 1.29 is 24.8 Å². The first-order valence-corrected chi connectivity index (χ1v) is 8.98. The summed E-state index contributed by atoms with van der Waals surface area (Å²) in [7, 11) is 0. The van der Waals surface area contributed by atoms with Gasteiger partial charge in [0.05, 0.1) is 40.8 Å². The molecule has 0 saturated heterocycles. The third kappa shape index (κ3) is 7.34. The number of rotatable bonds is 10. The highest BCUT2D eigenvalue weighted by atomic mass is 35.5. The van der Waals surface area contributed by atoms with Gasteiger partial charge in [0.25, 0.3) is 0 Å². The quantitative estimate of drug-likeness (QED) is 0.296. The minimum absolute atomic E-state index is 0.0861. The van der Waals surface area contributed by atoms with E-state index in [4.69, 9.17) is 38.4 Å². The van der Waals surface area contributed by atoms with Crippen LogP contribution in [-0.2, 0) is 20.8 Å². The van der Waals surface area contributed by atoms with Gasteiger partial charge >= 0.3 is 5.97 Å². The Labute approximate surface area is 166 Å². The predicted octanol–water partition coefficient (Wildman–Crippen LogP) is 4.61. The number of benzene rings is 2. The van der Waals surface area contributed by atoms with Crippen LogP contribution in [0, 0.1) is 0 Å². The number of hydrogen-bond acceptors (Lipinski definition) is 7. The zero-order chi connectivity index (χ0) is 19.6. The summed E-state index contributed by atoms with van der Waals surface area (Å²) in [6, 6.07) is 12.5. The minimum Gasteiger partial charge on any atom is -0.465 e. The molecule has 3 N–H and O–H groups in total. The van der Waals surface area contributed by atoms with Crippen molar-refractivity contribution in [2.24, 2.45) is 0 Å². The van der Waals surface area contributed by atoms with Gasteiger partial charge in [-0.3, -0.25) is 20.0 Å². The molecule has 7 nitrogen and oxygen atoms in total. The van der Waals surface area contributed by atoms with Gasteiger partial charge in [0.1, 0.15) is 0 Å². The second kappa shape index (κ2) is 11.1. The summed E-state index contributed by atoms with van der Waals surface area (Å²) in [6.45, 7) is 0.320. The Morgan fingerprint density at radius 2 is 1.67 bits per heavy atom. The molecule has 0 aliphatic heterocycles. The second-order valence-electron chi connectivity index (χ2n) is 5.57. The highest BCUT2D eigenvalue weighted by molar-refractivity contribution is 6.39. The van der Waals surface area contributed by atoms with E-state index in [0.717, 1.165) is 5.56 Å². The van der Waals surface area contributed by atoms with Crippen LogP contribution in [0.3, 0.4) is 0 Å². The number of ether oxygens (including phenoxy) is 1. The smallest absolute Gasteiger partial charge is 0.310 e. The summed E-state index contributed by atoms with van der Waals surface area (Å²) in [6.07, 6.45) is 1.13. The monoisotopic (exact) mass is 414 g/mol. The number of para-hydroxylation sites is 2. The number of hydrogen-bond donors (Lipinski definition) is 3. The SMILES string of the molecule is O=C(Cc1ccccc1Nc1c(Cl)cccc1Cl)OCCCCON(O)O. The Morgan fingerprint density at radius 1 is 1.00 bits per heavy atom. The van der Waals surface area contributed by atoms with Crippen molar-refractivity contribution in [1.82, 2.24) is 5.39 Å². The van der Waals surface area contributed by atoms with Gasteiger partial charge in [0, 0.05) is 5.69 Å². The Balaban J connectivity index is 1.89. The molecule has 146 valence electrons. The van der Waals surface area contributed by atoms with Gasteiger partial charge in [-0.25, -0.2) is 0 Å². The average Bonchev–Trinajstić information content (AvgIpc) is 2.62. The molecule has 0 saturated carbocycles. The van der Waals surface area contributed by atoms with Crippen LogP contribution in [0.2, 0.25) is 10.0 Å². The first kappa shape index (κ1) is 21.4. The summed E-state index contributed by atoms with van der Waals surface area (Å²) in [5.74, 6) is -0.374. The van der Waals surface area contributed by atoms with Crippen LogP contribution in [0.15, 0.2) is 42.5 Å². The molecule has 0 fully saturated rings. The lowest BCUT2D eigenvalue weighted by atomic mass is 10.1. The third-order valence-electron chi connectivity index (χ3n) is 3.58. The Kier molecular flexibility index (Phi) is 8.80. The largest absolute Gasteiger partial charge is 0.465 e. The van der Waals surface area contributed by atoms with Crippen molar-refractivity contribution in [2.75, 3.05) is 18.5 Å². The molecule has 0 aliphatic rings. The molecule has 0 bridgehead atoms. The first-order chi connectivity index (χ1) is 13.0. The molecule has 2 rings (SSSR count). The number of nitrogens with one attached hydrogen (secondary N) is 1. The van der Waals surface area contributed by atoms with E-state index in [0.29, 0.717) is 34.3 Å². The van der Waals surface area contributed by atoms with Gasteiger partial charge < -0.3 is 10.1 Å². The van der Waals surface area contributed by atoms with Gasteiger partial charge in [-0.05, 0) is 36.6 Å². The minimum atomic E-state index is -0.374. The van der Waals surface area contributed by atoms with Crippen LogP contribution in [-0.4, -0.2) is 35.0 Å². The summed E-state index contributed by atoms with van der Waals surface area (Å²) < 4.78 is 5.19. The first-order valence-electron chi connectivity index (χ1n) is 8.22. The maximum Gasteiger partial charge on any atom is 0.310 e. The van der Waals surface area contributed by atoms with Gasteiger partial charge in [0.15, 0.2) is 0 Å². The number of carbonyl (C=O) groups excluding carboxylic acids is 1. The fraction of sp³-hybridized carbons (Fsp3) is 0.278. The number of carbonyl (C=O) groups is 1. The molecule has 0 aliphatic carbocycles. The van der Waals surface area contributed by atoms with Crippen LogP contribution < -0.4 is 5.32 Å². The number of esters is 1. The van der Waals surface area contributed by atoms with E-state index in [1.54, 1.807) is 18.2 Å². The summed E-state index contributed by atoms with van der Waals surface area (Å²) in [5.41, 5.74) is 2.03. The molecule has 0 spiro atoms. The van der Waals surface area contributed by atoms with Crippen molar-refractivity contribution in [3.8, 4) is 0 Å². The van der Waals surface area contributed by atoms with Crippen molar-refractivity contribution >= 4 is 40.5 Å². The molecule has 0 atom stereocenters. The Morgan fingerprint density at radius 3 is 2.37 bits per heavy atom. The zero-order valence-corrected chi connectivity index (χ0v) is 15.9. The molecule has 0 unspecified atom stereocenters. The molecule has 0 aromatic heterocycles. The van der Waals surface area contributed by atoms with Gasteiger partial charge in [-0.1, -0.05) is 47.5 Å². The third-order valence-corrected chi connectivity index (χ3v) is 4.21. The van der Waals surface area contributed by atoms with Gasteiger partial charge in [-0.2, -0.15) is 0 Å². The molecule has 0 radical (unpaired) electrons. The topological polar surface area (TPSA) is 91.3 Å². The number of unbranched alkanes of at least 4 members (excludes halogenated alkanes) is 1. The molecule has 2 aromatic rings. The number of anilines is 2. The van der Waals surface area contributed by atoms with Crippen LogP contribution in [0.4, 0.5) is 11.4 Å². The van der Waals surface area contributed by atoms with Gasteiger partial charge in [0.2, 0.25) is 0 Å². The van der Waals surface area contributed by atoms with Crippen LogP contribution in [0.25, 0.3) is 0 Å². The lowest BCUT2D eigenvalue weighted by Gasteiger charge is -2.14. The molecular weight excluding hydrogens is 395 g/mol. The highest BCUT2D eigenvalue weighted by Gasteiger charge is 2.12. The van der Waals surface area contributed by atoms with E-state index in [-0.39, 0.29) is 31.0 Å². The van der Waals surface area contributed by atoms with E-state index >= 15 is 0 Å². The van der Waals surface area contributed by atoms with E-state index in [9.17, 15) is 4.79 Å². The fourth-order valence-electron chi connectivity index (χ4n) is 2.29. The van der Waals surface area contributed by atoms with E-state index in [1.165, 1.54) is 0 Å². The number of nitrogens with zero attached hydrogens (tertiary/aromatic N) is 1. The van der Waals surface area contributed by atoms with E-state index in [2.05, 4.69) is 10.2 Å². The molecule has 0 heterocycles. The molecule has 9 heteroatoms. The number of halogens is 2. The zero-order valence-electron chi connectivity index (χ0n) is 14.4. The standard InChI is InChI=1S/C18H20Cl2N2O5/c19-14-7-5-8-15(20)18(14)21-16-9-2-1-6-13(16)12-17(23)26-10-3-4-11-27-22(24)25/h1-2,5-9,21,24-25H,3-4,10-12H2. The molecular formula is C18H20Cl2N2O5. The fourth-order valence-corrected chi connectivity index (χ4v) is 2.78. The molecule has 0 amide bonds. The Bertz CT molecular complexity index is 738. The maximum atomic E-state index is 12.1. The van der Waals surface area contributed by atoms with Crippen LogP contribution in [0.5, 0.6) is 0 Å². The lowest BCUT2D eigenvalue weighted by molar-refractivity contribution is -0.492. The summed E-state index contributed by atoms with van der Waals surface area (Å²) in [4.78, 5) is 16.5. The average molecular weight is 415 g/mol. The lowest BCUT2D eigenvalue weighted by Crippen LogP contribution is -2.15. The van der Waals surface area contributed by atoms with Crippen molar-refractivity contribution in [3.63, 3.8) is 0 Å². The summed E-state index contributed by atoms with van der Waals surface area (Å²) >= 11 is 12.4. The molecule has 27 heavy (non-hydrogen) atoms. The predicted molar refractivity (Wildman–Crippen MR) is 101 cm³/mol. The highest BCUT2D eigenvalue weighted by Crippen LogP contribution is 2.33. The van der Waals surface area contributed by atoms with E-state index in [1.807, 2.05) is 24.3 Å². The van der Waals surface area contributed by atoms with Gasteiger partial charge in [-0.15, -0.1) is 0 Å². The van der Waals surface area contributed by atoms with E-state index < -0.39 is 0 Å². The van der Waals surface area contributed by atoms with Crippen molar-refractivity contribution in [1.29, 1.82) is 0 Å². The van der Waals surface area contributed by atoms with Crippen molar-refractivity contribution in [3.05, 3.63) is 58.1 Å². The maximum absolute atomic E-state index is 12.1. The van der Waals surface area contributed by atoms with Crippen LogP contribution >= 0.6 is 23.2 Å².